The average Bonchev–Trinajstić information content (AvgIpc) is 2.36. The average molecular weight is 245 g/mol. The number of hydrogen-bond donors (Lipinski definition) is 1. The fourth-order valence-corrected chi connectivity index (χ4v) is 3.25. The van der Waals surface area contributed by atoms with Gasteiger partial charge in [0.2, 0.25) is 0 Å². The van der Waals surface area contributed by atoms with Gasteiger partial charge in [-0.15, -0.1) is 0 Å². The van der Waals surface area contributed by atoms with E-state index in [1.165, 1.54) is 48.8 Å². The van der Waals surface area contributed by atoms with E-state index in [4.69, 9.17) is 0 Å². The molecule has 100 valence electrons. The van der Waals surface area contributed by atoms with E-state index in [0.29, 0.717) is 6.04 Å². The summed E-state index contributed by atoms with van der Waals surface area (Å²) in [5.41, 5.74) is 4.17. The van der Waals surface area contributed by atoms with E-state index < -0.39 is 0 Å². The Morgan fingerprint density at radius 2 is 1.67 bits per heavy atom. The number of hydrogen-bond acceptors (Lipinski definition) is 1. The van der Waals surface area contributed by atoms with E-state index in [1.54, 1.807) is 0 Å². The molecule has 0 radical (unpaired) electrons. The third-order valence-electron chi connectivity index (χ3n) is 4.27. The zero-order valence-corrected chi connectivity index (χ0v) is 12.1. The molecule has 0 amide bonds. The molecular formula is C17H27N. The molecule has 1 aromatic carbocycles. The van der Waals surface area contributed by atoms with E-state index >= 15 is 0 Å². The summed E-state index contributed by atoms with van der Waals surface area (Å²) in [4.78, 5) is 0. The molecule has 0 heterocycles. The molecule has 18 heavy (non-hydrogen) atoms. The van der Waals surface area contributed by atoms with Crippen LogP contribution < -0.4 is 5.32 Å². The maximum atomic E-state index is 3.72. The second-order valence-corrected chi connectivity index (χ2v) is 6.06. The Balaban J connectivity index is 1.86. The van der Waals surface area contributed by atoms with Gasteiger partial charge in [-0.25, -0.2) is 0 Å². The van der Waals surface area contributed by atoms with Crippen molar-refractivity contribution in [2.45, 2.75) is 65.5 Å². The first-order chi connectivity index (χ1) is 8.65. The lowest BCUT2D eigenvalue weighted by Crippen LogP contribution is -2.34. The zero-order valence-electron chi connectivity index (χ0n) is 12.1. The van der Waals surface area contributed by atoms with Gasteiger partial charge in [0.05, 0.1) is 0 Å². The lowest BCUT2D eigenvalue weighted by atomic mass is 9.84. The van der Waals surface area contributed by atoms with Crippen molar-refractivity contribution in [2.75, 3.05) is 0 Å². The van der Waals surface area contributed by atoms with Gasteiger partial charge in [0.1, 0.15) is 0 Å². The molecular weight excluding hydrogens is 218 g/mol. The Morgan fingerprint density at radius 1 is 1.06 bits per heavy atom. The van der Waals surface area contributed by atoms with Gasteiger partial charge >= 0.3 is 0 Å². The van der Waals surface area contributed by atoms with E-state index in [-0.39, 0.29) is 0 Å². The van der Waals surface area contributed by atoms with E-state index in [0.717, 1.165) is 12.5 Å². The molecule has 2 rings (SSSR count). The lowest BCUT2D eigenvalue weighted by molar-refractivity contribution is 0.280. The minimum Gasteiger partial charge on any atom is -0.310 e. The van der Waals surface area contributed by atoms with Crippen molar-refractivity contribution in [1.82, 2.24) is 5.32 Å². The van der Waals surface area contributed by atoms with Crippen LogP contribution in [0.3, 0.4) is 0 Å². The predicted octanol–water partition coefficient (Wildman–Crippen LogP) is 4.36. The van der Waals surface area contributed by atoms with Crippen molar-refractivity contribution < 1.29 is 0 Å². The molecule has 0 unspecified atom stereocenters. The second-order valence-electron chi connectivity index (χ2n) is 6.06. The van der Waals surface area contributed by atoms with Crippen molar-refractivity contribution in [2.24, 2.45) is 5.92 Å². The fraction of sp³-hybridized carbons (Fsp3) is 0.647. The molecule has 0 saturated heterocycles. The van der Waals surface area contributed by atoms with E-state index in [1.807, 2.05) is 0 Å². The quantitative estimate of drug-likeness (QED) is 0.831. The Morgan fingerprint density at radius 3 is 2.28 bits per heavy atom. The summed E-state index contributed by atoms with van der Waals surface area (Å²) < 4.78 is 0. The summed E-state index contributed by atoms with van der Waals surface area (Å²) in [6.45, 7) is 7.74. The standard InChI is InChI=1S/C17H27N/c1-13-9-14(2)11-16(10-13)12-18-15(3)17-7-5-4-6-8-17/h9-11,15,17-18H,4-8,12H2,1-3H3/t15-/m0/s1. The molecule has 1 fully saturated rings. The van der Waals surface area contributed by atoms with Crippen LogP contribution in [-0.4, -0.2) is 6.04 Å². The Labute approximate surface area is 112 Å². The van der Waals surface area contributed by atoms with Gasteiger partial charge in [0.15, 0.2) is 0 Å². The van der Waals surface area contributed by atoms with Gasteiger partial charge in [-0.2, -0.15) is 0 Å². The molecule has 1 saturated carbocycles. The molecule has 0 spiro atoms. The SMILES string of the molecule is Cc1cc(C)cc(CN[C@@H](C)C2CCCCC2)c1. The summed E-state index contributed by atoms with van der Waals surface area (Å²) in [7, 11) is 0. The smallest absolute Gasteiger partial charge is 0.0208 e. The van der Waals surface area contributed by atoms with Crippen LogP contribution in [0.15, 0.2) is 18.2 Å². The zero-order chi connectivity index (χ0) is 13.0. The number of rotatable bonds is 4. The highest BCUT2D eigenvalue weighted by atomic mass is 14.9. The van der Waals surface area contributed by atoms with Crippen LogP contribution in [0.4, 0.5) is 0 Å². The largest absolute Gasteiger partial charge is 0.310 e. The van der Waals surface area contributed by atoms with Crippen molar-refractivity contribution in [1.29, 1.82) is 0 Å². The molecule has 1 atom stereocenters. The van der Waals surface area contributed by atoms with Gasteiger partial charge in [-0.1, -0.05) is 48.6 Å². The minimum atomic E-state index is 0.658. The molecule has 1 aromatic rings. The van der Waals surface area contributed by atoms with Gasteiger partial charge in [-0.05, 0) is 45.1 Å². The van der Waals surface area contributed by atoms with Crippen molar-refractivity contribution in [3.05, 3.63) is 34.9 Å². The van der Waals surface area contributed by atoms with Gasteiger partial charge in [-0.3, -0.25) is 0 Å². The maximum absolute atomic E-state index is 3.72. The summed E-state index contributed by atoms with van der Waals surface area (Å²) >= 11 is 0. The predicted molar refractivity (Wildman–Crippen MR) is 78.8 cm³/mol. The minimum absolute atomic E-state index is 0.658. The Kier molecular flexibility index (Phi) is 4.82. The van der Waals surface area contributed by atoms with Crippen molar-refractivity contribution in [3.63, 3.8) is 0 Å². The van der Waals surface area contributed by atoms with Crippen molar-refractivity contribution >= 4 is 0 Å². The molecule has 0 aromatic heterocycles. The third kappa shape index (κ3) is 3.84. The summed E-state index contributed by atoms with van der Waals surface area (Å²) in [5.74, 6) is 0.893. The summed E-state index contributed by atoms with van der Waals surface area (Å²) in [6, 6.07) is 7.50. The monoisotopic (exact) mass is 245 g/mol. The lowest BCUT2D eigenvalue weighted by Gasteiger charge is -2.28. The van der Waals surface area contributed by atoms with Crippen LogP contribution in [0.25, 0.3) is 0 Å². The Bertz CT molecular complexity index is 357. The summed E-state index contributed by atoms with van der Waals surface area (Å²) in [6.07, 6.45) is 7.14. The first-order valence-electron chi connectivity index (χ1n) is 7.46. The molecule has 0 bridgehead atoms. The van der Waals surface area contributed by atoms with Crippen LogP contribution in [0.2, 0.25) is 0 Å². The highest BCUT2D eigenvalue weighted by Gasteiger charge is 2.19. The van der Waals surface area contributed by atoms with Crippen LogP contribution in [0.1, 0.15) is 55.7 Å². The molecule has 1 aliphatic rings. The molecule has 1 heteroatoms. The third-order valence-corrected chi connectivity index (χ3v) is 4.27. The van der Waals surface area contributed by atoms with Crippen molar-refractivity contribution in [3.8, 4) is 0 Å². The fourth-order valence-electron chi connectivity index (χ4n) is 3.25. The normalized spacial score (nSPS) is 18.8. The van der Waals surface area contributed by atoms with Gasteiger partial charge < -0.3 is 5.32 Å². The first-order valence-corrected chi connectivity index (χ1v) is 7.46. The summed E-state index contributed by atoms with van der Waals surface area (Å²) in [5, 5.41) is 3.72. The topological polar surface area (TPSA) is 12.0 Å². The maximum Gasteiger partial charge on any atom is 0.0208 e. The molecule has 1 N–H and O–H groups in total. The molecule has 0 aliphatic heterocycles. The first kappa shape index (κ1) is 13.6. The van der Waals surface area contributed by atoms with E-state index in [9.17, 15) is 0 Å². The Hall–Kier alpha value is -0.820. The van der Waals surface area contributed by atoms with Gasteiger partial charge in [0.25, 0.3) is 0 Å². The highest BCUT2D eigenvalue weighted by Crippen LogP contribution is 2.26. The van der Waals surface area contributed by atoms with Crippen LogP contribution >= 0.6 is 0 Å². The van der Waals surface area contributed by atoms with Crippen LogP contribution in [0, 0.1) is 19.8 Å². The molecule has 1 nitrogen and oxygen atoms in total. The van der Waals surface area contributed by atoms with Crippen LogP contribution in [0.5, 0.6) is 0 Å². The molecule has 1 aliphatic carbocycles. The number of nitrogens with one attached hydrogen (secondary N) is 1. The number of benzene rings is 1. The van der Waals surface area contributed by atoms with Crippen LogP contribution in [-0.2, 0) is 6.54 Å². The number of aryl methyl sites for hydroxylation is 2. The van der Waals surface area contributed by atoms with E-state index in [2.05, 4.69) is 44.3 Å². The highest BCUT2D eigenvalue weighted by molar-refractivity contribution is 5.28. The van der Waals surface area contributed by atoms with Gasteiger partial charge in [0, 0.05) is 12.6 Å². The second kappa shape index (κ2) is 6.38.